The van der Waals surface area contributed by atoms with Gasteiger partial charge in [0.1, 0.15) is 0 Å². The highest BCUT2D eigenvalue weighted by molar-refractivity contribution is 5.98. The second kappa shape index (κ2) is 4.59. The van der Waals surface area contributed by atoms with Crippen LogP contribution >= 0.6 is 0 Å². The molecule has 4 heteroatoms. The fourth-order valence-corrected chi connectivity index (χ4v) is 1.82. The van der Waals surface area contributed by atoms with Gasteiger partial charge in [0.2, 0.25) is 0 Å². The smallest absolute Gasteiger partial charge is 0.255 e. The molecule has 98 valence electrons. The van der Waals surface area contributed by atoms with Crippen LogP contribution in [0.2, 0.25) is 0 Å². The van der Waals surface area contributed by atoms with Crippen LogP contribution in [0.5, 0.6) is 5.75 Å². The van der Waals surface area contributed by atoms with Crippen molar-refractivity contribution in [2.75, 3.05) is 7.05 Å². The third-order valence-electron chi connectivity index (χ3n) is 2.99. The molecular formula is C14H20N2O2. The molecule has 1 aliphatic carbocycles. The Morgan fingerprint density at radius 3 is 2.56 bits per heavy atom. The molecule has 0 spiro atoms. The molecule has 1 aromatic rings. The molecule has 0 atom stereocenters. The Hall–Kier alpha value is -1.58. The van der Waals surface area contributed by atoms with E-state index in [0.717, 1.165) is 18.4 Å². The maximum Gasteiger partial charge on any atom is 0.255 e. The molecule has 0 bridgehead atoms. The molecule has 0 unspecified atom stereocenters. The van der Waals surface area contributed by atoms with Crippen LogP contribution in [0, 0.1) is 0 Å². The molecule has 0 aromatic carbocycles. The van der Waals surface area contributed by atoms with Gasteiger partial charge in [-0.05, 0) is 23.8 Å². The predicted molar refractivity (Wildman–Crippen MR) is 70.0 cm³/mol. The van der Waals surface area contributed by atoms with E-state index in [4.69, 9.17) is 4.74 Å². The standard InChI is InChI=1S/C14H20N2O2/c1-14(2,3)10-7-16-8-11(18-9-5-6-9)12(10)13(17)15-4/h7-9H,5-6H2,1-4H3,(H,15,17). The molecule has 1 fully saturated rings. The Morgan fingerprint density at radius 1 is 1.39 bits per heavy atom. The number of carbonyl (C=O) groups is 1. The minimum Gasteiger partial charge on any atom is -0.488 e. The van der Waals surface area contributed by atoms with Gasteiger partial charge in [0.05, 0.1) is 17.9 Å². The highest BCUT2D eigenvalue weighted by atomic mass is 16.5. The van der Waals surface area contributed by atoms with Crippen molar-refractivity contribution in [3.63, 3.8) is 0 Å². The number of hydrogen-bond acceptors (Lipinski definition) is 3. The molecule has 1 saturated carbocycles. The van der Waals surface area contributed by atoms with E-state index < -0.39 is 0 Å². The zero-order valence-corrected chi connectivity index (χ0v) is 11.4. The number of carbonyl (C=O) groups excluding carboxylic acids is 1. The van der Waals surface area contributed by atoms with Gasteiger partial charge < -0.3 is 10.1 Å². The summed E-state index contributed by atoms with van der Waals surface area (Å²) in [6.07, 6.45) is 5.77. The quantitative estimate of drug-likeness (QED) is 0.892. The maximum atomic E-state index is 12.1. The molecule has 1 aliphatic rings. The van der Waals surface area contributed by atoms with E-state index >= 15 is 0 Å². The zero-order valence-electron chi connectivity index (χ0n) is 11.4. The van der Waals surface area contributed by atoms with Crippen molar-refractivity contribution < 1.29 is 9.53 Å². The Labute approximate surface area is 108 Å². The molecule has 1 aromatic heterocycles. The van der Waals surface area contributed by atoms with Crippen molar-refractivity contribution in [1.82, 2.24) is 10.3 Å². The van der Waals surface area contributed by atoms with E-state index in [-0.39, 0.29) is 17.4 Å². The lowest BCUT2D eigenvalue weighted by Gasteiger charge is -2.23. The second-order valence-electron chi connectivity index (χ2n) is 5.71. The van der Waals surface area contributed by atoms with Gasteiger partial charge in [-0.2, -0.15) is 0 Å². The molecule has 0 aliphatic heterocycles. The number of ether oxygens (including phenoxy) is 1. The summed E-state index contributed by atoms with van der Waals surface area (Å²) in [6, 6.07) is 0. The van der Waals surface area contributed by atoms with Crippen molar-refractivity contribution in [3.05, 3.63) is 23.5 Å². The summed E-state index contributed by atoms with van der Waals surface area (Å²) in [5.74, 6) is 0.488. The van der Waals surface area contributed by atoms with Gasteiger partial charge in [-0.3, -0.25) is 9.78 Å². The van der Waals surface area contributed by atoms with Crippen LogP contribution in [0.1, 0.15) is 49.5 Å². The van der Waals surface area contributed by atoms with E-state index in [1.165, 1.54) is 0 Å². The van der Waals surface area contributed by atoms with Crippen molar-refractivity contribution in [3.8, 4) is 5.75 Å². The van der Waals surface area contributed by atoms with Gasteiger partial charge in [0.15, 0.2) is 5.75 Å². The molecule has 2 rings (SSSR count). The SMILES string of the molecule is CNC(=O)c1c(OC2CC2)cncc1C(C)(C)C. The van der Waals surface area contributed by atoms with E-state index in [2.05, 4.69) is 31.1 Å². The van der Waals surface area contributed by atoms with Gasteiger partial charge >= 0.3 is 0 Å². The van der Waals surface area contributed by atoms with Crippen LogP contribution < -0.4 is 10.1 Å². The molecule has 1 heterocycles. The lowest BCUT2D eigenvalue weighted by atomic mass is 9.84. The molecule has 18 heavy (non-hydrogen) atoms. The Kier molecular flexibility index (Phi) is 3.28. The molecule has 4 nitrogen and oxygen atoms in total. The number of aromatic nitrogens is 1. The topological polar surface area (TPSA) is 51.2 Å². The van der Waals surface area contributed by atoms with Crippen LogP contribution in [0.3, 0.4) is 0 Å². The fourth-order valence-electron chi connectivity index (χ4n) is 1.82. The summed E-state index contributed by atoms with van der Waals surface area (Å²) in [5.41, 5.74) is 1.39. The first-order valence-electron chi connectivity index (χ1n) is 6.30. The van der Waals surface area contributed by atoms with Crippen LogP contribution in [-0.2, 0) is 5.41 Å². The van der Waals surface area contributed by atoms with E-state index in [0.29, 0.717) is 11.3 Å². The number of nitrogens with zero attached hydrogens (tertiary/aromatic N) is 1. The number of hydrogen-bond donors (Lipinski definition) is 1. The summed E-state index contributed by atoms with van der Waals surface area (Å²) < 4.78 is 5.79. The number of amides is 1. The van der Waals surface area contributed by atoms with Crippen molar-refractivity contribution in [2.45, 2.75) is 45.1 Å². The Bertz CT molecular complexity index is 459. The minimum absolute atomic E-state index is 0.113. The van der Waals surface area contributed by atoms with Gasteiger partial charge in [-0.15, -0.1) is 0 Å². The summed E-state index contributed by atoms with van der Waals surface area (Å²) >= 11 is 0. The first kappa shape index (κ1) is 12.9. The molecule has 0 radical (unpaired) electrons. The van der Waals surface area contributed by atoms with Crippen LogP contribution in [0.15, 0.2) is 12.4 Å². The van der Waals surface area contributed by atoms with E-state index in [1.54, 1.807) is 19.4 Å². The Morgan fingerprint density at radius 2 is 2.06 bits per heavy atom. The average Bonchev–Trinajstić information content (AvgIpc) is 3.10. The third-order valence-corrected chi connectivity index (χ3v) is 2.99. The first-order valence-corrected chi connectivity index (χ1v) is 6.30. The van der Waals surface area contributed by atoms with Gasteiger partial charge in [-0.25, -0.2) is 0 Å². The highest BCUT2D eigenvalue weighted by Gasteiger charge is 2.29. The lowest BCUT2D eigenvalue weighted by Crippen LogP contribution is -2.25. The van der Waals surface area contributed by atoms with Gasteiger partial charge in [-0.1, -0.05) is 20.8 Å². The number of rotatable bonds is 3. The molecule has 1 N–H and O–H groups in total. The highest BCUT2D eigenvalue weighted by Crippen LogP contribution is 2.34. The third kappa shape index (κ3) is 2.63. The van der Waals surface area contributed by atoms with Crippen LogP contribution in [0.4, 0.5) is 0 Å². The van der Waals surface area contributed by atoms with Gasteiger partial charge in [0.25, 0.3) is 5.91 Å². The Balaban J connectivity index is 2.48. The largest absolute Gasteiger partial charge is 0.488 e. The van der Waals surface area contributed by atoms with E-state index in [9.17, 15) is 4.79 Å². The zero-order chi connectivity index (χ0) is 13.3. The predicted octanol–water partition coefficient (Wildman–Crippen LogP) is 2.28. The summed E-state index contributed by atoms with van der Waals surface area (Å²) in [6.45, 7) is 6.20. The molecule has 1 amide bonds. The van der Waals surface area contributed by atoms with Crippen molar-refractivity contribution >= 4 is 5.91 Å². The molecule has 0 saturated heterocycles. The maximum absolute atomic E-state index is 12.1. The normalized spacial score (nSPS) is 15.3. The summed E-state index contributed by atoms with van der Waals surface area (Å²) in [4.78, 5) is 16.3. The lowest BCUT2D eigenvalue weighted by molar-refractivity contribution is 0.0956. The van der Waals surface area contributed by atoms with Crippen LogP contribution in [0.25, 0.3) is 0 Å². The second-order valence-corrected chi connectivity index (χ2v) is 5.71. The fraction of sp³-hybridized carbons (Fsp3) is 0.571. The van der Waals surface area contributed by atoms with E-state index in [1.807, 2.05) is 0 Å². The number of pyridine rings is 1. The average molecular weight is 248 g/mol. The number of nitrogens with one attached hydrogen (secondary N) is 1. The van der Waals surface area contributed by atoms with Gasteiger partial charge in [0, 0.05) is 13.2 Å². The van der Waals surface area contributed by atoms with Crippen LogP contribution in [-0.4, -0.2) is 24.0 Å². The van der Waals surface area contributed by atoms with Crippen molar-refractivity contribution in [2.24, 2.45) is 0 Å². The summed E-state index contributed by atoms with van der Waals surface area (Å²) in [7, 11) is 1.64. The van der Waals surface area contributed by atoms with Crippen molar-refractivity contribution in [1.29, 1.82) is 0 Å². The molecular weight excluding hydrogens is 228 g/mol. The first-order chi connectivity index (χ1) is 8.43. The minimum atomic E-state index is -0.141. The summed E-state index contributed by atoms with van der Waals surface area (Å²) in [5, 5.41) is 2.68. The monoisotopic (exact) mass is 248 g/mol.